The lowest BCUT2D eigenvalue weighted by Crippen LogP contribution is -2.46. The molecule has 0 radical (unpaired) electrons. The lowest BCUT2D eigenvalue weighted by Gasteiger charge is -2.40. The number of nitrogens with zero attached hydrogens (tertiary/aromatic N) is 1. The molecule has 0 bridgehead atoms. The zero-order valence-electron chi connectivity index (χ0n) is 13.8. The fraction of sp³-hybridized carbons (Fsp3) is 0.667. The van der Waals surface area contributed by atoms with Crippen molar-refractivity contribution in [1.29, 1.82) is 0 Å². The maximum Gasteiger partial charge on any atom is 0.0472 e. The van der Waals surface area contributed by atoms with Crippen LogP contribution in [0.5, 0.6) is 0 Å². The van der Waals surface area contributed by atoms with Crippen LogP contribution in [0.1, 0.15) is 30.9 Å². The molecule has 1 aliphatic heterocycles. The maximum absolute atomic E-state index is 5.57. The molecular formula is C18H30N2O. The van der Waals surface area contributed by atoms with Crippen LogP contribution < -0.4 is 5.32 Å². The first-order valence-corrected chi connectivity index (χ1v) is 8.16. The summed E-state index contributed by atoms with van der Waals surface area (Å²) in [7, 11) is 2.24. The predicted octanol–water partition coefficient (Wildman–Crippen LogP) is 2.83. The first-order valence-electron chi connectivity index (χ1n) is 8.16. The van der Waals surface area contributed by atoms with E-state index in [2.05, 4.69) is 55.4 Å². The van der Waals surface area contributed by atoms with Gasteiger partial charge in [-0.15, -0.1) is 0 Å². The average molecular weight is 290 g/mol. The van der Waals surface area contributed by atoms with Crippen molar-refractivity contribution in [2.75, 3.05) is 39.9 Å². The summed E-state index contributed by atoms with van der Waals surface area (Å²) >= 11 is 0. The summed E-state index contributed by atoms with van der Waals surface area (Å²) in [6, 6.07) is 8.89. The molecule has 1 aliphatic rings. The lowest BCUT2D eigenvalue weighted by molar-refractivity contribution is -0.00139. The minimum atomic E-state index is 0.369. The minimum Gasteiger partial charge on any atom is -0.381 e. The van der Waals surface area contributed by atoms with E-state index in [4.69, 9.17) is 4.74 Å². The Morgan fingerprint density at radius 1 is 1.19 bits per heavy atom. The maximum atomic E-state index is 5.57. The van der Waals surface area contributed by atoms with Crippen molar-refractivity contribution < 1.29 is 4.74 Å². The van der Waals surface area contributed by atoms with Gasteiger partial charge in [0.1, 0.15) is 0 Å². The van der Waals surface area contributed by atoms with Crippen molar-refractivity contribution in [2.24, 2.45) is 5.41 Å². The Hall–Kier alpha value is -0.900. The first kappa shape index (κ1) is 16.5. The summed E-state index contributed by atoms with van der Waals surface area (Å²) < 4.78 is 5.57. The van der Waals surface area contributed by atoms with E-state index in [0.29, 0.717) is 5.41 Å². The molecule has 0 saturated carbocycles. The quantitative estimate of drug-likeness (QED) is 0.836. The van der Waals surface area contributed by atoms with E-state index < -0.39 is 0 Å². The van der Waals surface area contributed by atoms with Gasteiger partial charge >= 0.3 is 0 Å². The highest BCUT2D eigenvalue weighted by atomic mass is 16.5. The standard InChI is InChI=1S/C18H30N2O/c1-4-19-14-18(9-11-21-12-10-18)15-20(3)13-17-7-5-16(2)6-8-17/h5-8,19H,4,9-15H2,1-3H3. The van der Waals surface area contributed by atoms with Crippen LogP contribution in [-0.2, 0) is 11.3 Å². The van der Waals surface area contributed by atoms with Gasteiger partial charge in [-0.25, -0.2) is 0 Å². The summed E-state index contributed by atoms with van der Waals surface area (Å²) in [6.45, 7) is 10.4. The van der Waals surface area contributed by atoms with Crippen molar-refractivity contribution in [2.45, 2.75) is 33.2 Å². The SMILES string of the molecule is CCNCC1(CN(C)Cc2ccc(C)cc2)CCOCC1. The van der Waals surface area contributed by atoms with Crippen molar-refractivity contribution in [3.63, 3.8) is 0 Å². The summed E-state index contributed by atoms with van der Waals surface area (Å²) in [4.78, 5) is 2.47. The summed E-state index contributed by atoms with van der Waals surface area (Å²) in [5, 5.41) is 3.55. The third-order valence-electron chi connectivity index (χ3n) is 4.48. The van der Waals surface area contributed by atoms with Crippen molar-refractivity contribution >= 4 is 0 Å². The smallest absolute Gasteiger partial charge is 0.0472 e. The molecule has 0 amide bonds. The molecule has 3 heteroatoms. The molecule has 2 rings (SSSR count). The highest BCUT2D eigenvalue weighted by molar-refractivity contribution is 5.21. The molecule has 3 nitrogen and oxygen atoms in total. The Morgan fingerprint density at radius 2 is 1.86 bits per heavy atom. The molecule has 118 valence electrons. The Labute approximate surface area is 129 Å². The summed E-state index contributed by atoms with van der Waals surface area (Å²) in [5.74, 6) is 0. The molecule has 0 unspecified atom stereocenters. The van der Waals surface area contributed by atoms with Crippen LogP contribution in [-0.4, -0.2) is 44.8 Å². The molecule has 0 atom stereocenters. The second-order valence-corrected chi connectivity index (χ2v) is 6.55. The van der Waals surface area contributed by atoms with Gasteiger partial charge in [0.2, 0.25) is 0 Å². The highest BCUT2D eigenvalue weighted by Crippen LogP contribution is 2.31. The van der Waals surface area contributed by atoms with Crippen LogP contribution in [0.25, 0.3) is 0 Å². The molecule has 0 aliphatic carbocycles. The van der Waals surface area contributed by atoms with E-state index in [1.54, 1.807) is 0 Å². The zero-order chi connectivity index (χ0) is 15.1. The van der Waals surface area contributed by atoms with Gasteiger partial charge in [0.15, 0.2) is 0 Å². The third kappa shape index (κ3) is 5.10. The number of aryl methyl sites for hydroxylation is 1. The Balaban J connectivity index is 1.93. The van der Waals surface area contributed by atoms with E-state index in [1.807, 2.05) is 0 Å². The molecule has 0 spiro atoms. The van der Waals surface area contributed by atoms with Crippen molar-refractivity contribution in [3.8, 4) is 0 Å². The third-order valence-corrected chi connectivity index (χ3v) is 4.48. The van der Waals surface area contributed by atoms with Gasteiger partial charge in [0, 0.05) is 32.8 Å². The normalized spacial score (nSPS) is 18.1. The molecule has 1 aromatic rings. The van der Waals surface area contributed by atoms with Crippen LogP contribution in [0.4, 0.5) is 0 Å². The molecule has 1 heterocycles. The van der Waals surface area contributed by atoms with Gasteiger partial charge in [0.05, 0.1) is 0 Å². The second-order valence-electron chi connectivity index (χ2n) is 6.55. The van der Waals surface area contributed by atoms with Gasteiger partial charge in [-0.05, 0) is 44.3 Å². The fourth-order valence-corrected chi connectivity index (χ4v) is 3.22. The van der Waals surface area contributed by atoms with Gasteiger partial charge in [-0.2, -0.15) is 0 Å². The van der Waals surface area contributed by atoms with Crippen LogP contribution in [0.2, 0.25) is 0 Å². The van der Waals surface area contributed by atoms with Crippen LogP contribution in [0.15, 0.2) is 24.3 Å². The van der Waals surface area contributed by atoms with E-state index in [0.717, 1.165) is 52.2 Å². The van der Waals surface area contributed by atoms with Crippen LogP contribution >= 0.6 is 0 Å². The average Bonchev–Trinajstić information content (AvgIpc) is 2.48. The number of benzene rings is 1. The summed E-state index contributed by atoms with van der Waals surface area (Å²) in [5.41, 5.74) is 3.09. The first-order chi connectivity index (χ1) is 10.1. The van der Waals surface area contributed by atoms with E-state index in [9.17, 15) is 0 Å². The van der Waals surface area contributed by atoms with Gasteiger partial charge in [-0.1, -0.05) is 36.8 Å². The zero-order valence-corrected chi connectivity index (χ0v) is 13.8. The van der Waals surface area contributed by atoms with Crippen molar-refractivity contribution in [1.82, 2.24) is 10.2 Å². The van der Waals surface area contributed by atoms with Gasteiger partial charge < -0.3 is 15.0 Å². The van der Waals surface area contributed by atoms with Gasteiger partial charge in [-0.3, -0.25) is 0 Å². The Kier molecular flexibility index (Phi) is 6.22. The Bertz CT molecular complexity index is 410. The lowest BCUT2D eigenvalue weighted by atomic mass is 9.79. The largest absolute Gasteiger partial charge is 0.381 e. The highest BCUT2D eigenvalue weighted by Gasteiger charge is 2.33. The Morgan fingerprint density at radius 3 is 2.48 bits per heavy atom. The number of hydrogen-bond acceptors (Lipinski definition) is 3. The molecule has 1 saturated heterocycles. The molecule has 21 heavy (non-hydrogen) atoms. The van der Waals surface area contributed by atoms with Crippen LogP contribution in [0.3, 0.4) is 0 Å². The van der Waals surface area contributed by atoms with E-state index >= 15 is 0 Å². The van der Waals surface area contributed by atoms with Gasteiger partial charge in [0.25, 0.3) is 0 Å². The number of nitrogens with one attached hydrogen (secondary N) is 1. The number of ether oxygens (including phenoxy) is 1. The number of rotatable bonds is 7. The van der Waals surface area contributed by atoms with Crippen LogP contribution in [0, 0.1) is 12.3 Å². The van der Waals surface area contributed by atoms with E-state index in [1.165, 1.54) is 11.1 Å². The molecule has 1 N–H and O–H groups in total. The minimum absolute atomic E-state index is 0.369. The second kappa shape index (κ2) is 7.92. The monoisotopic (exact) mass is 290 g/mol. The molecule has 1 aromatic carbocycles. The number of hydrogen-bond donors (Lipinski definition) is 1. The molecule has 1 fully saturated rings. The molecule has 0 aromatic heterocycles. The predicted molar refractivity (Wildman–Crippen MR) is 88.5 cm³/mol. The van der Waals surface area contributed by atoms with E-state index in [-0.39, 0.29) is 0 Å². The fourth-order valence-electron chi connectivity index (χ4n) is 3.22. The summed E-state index contributed by atoms with van der Waals surface area (Å²) in [6.07, 6.45) is 2.33. The topological polar surface area (TPSA) is 24.5 Å². The van der Waals surface area contributed by atoms with Crippen molar-refractivity contribution in [3.05, 3.63) is 35.4 Å². The molecular weight excluding hydrogens is 260 g/mol.